The van der Waals surface area contributed by atoms with Gasteiger partial charge in [-0.1, -0.05) is 19.8 Å². The Morgan fingerprint density at radius 3 is 2.50 bits per heavy atom. The highest BCUT2D eigenvalue weighted by Crippen LogP contribution is 2.32. The molecular weight excluding hydrogens is 120 g/mol. The van der Waals surface area contributed by atoms with Crippen LogP contribution in [0.25, 0.3) is 0 Å². The molecule has 0 heteroatoms. The van der Waals surface area contributed by atoms with Crippen molar-refractivity contribution in [3.63, 3.8) is 0 Å². The Morgan fingerprint density at radius 2 is 2.10 bits per heavy atom. The summed E-state index contributed by atoms with van der Waals surface area (Å²) in [6, 6.07) is 0. The highest BCUT2D eigenvalue weighted by Gasteiger charge is 2.21. The molecule has 0 heterocycles. The minimum atomic E-state index is 0.572. The van der Waals surface area contributed by atoms with Crippen LogP contribution in [-0.2, 0) is 0 Å². The average molecular weight is 136 g/mol. The molecule has 0 bridgehead atoms. The van der Waals surface area contributed by atoms with Crippen molar-refractivity contribution in [2.75, 3.05) is 0 Å². The van der Waals surface area contributed by atoms with E-state index in [9.17, 15) is 0 Å². The van der Waals surface area contributed by atoms with E-state index in [0.717, 1.165) is 5.92 Å². The predicted molar refractivity (Wildman–Crippen MR) is 44.6 cm³/mol. The lowest BCUT2D eigenvalue weighted by atomic mass is 9.90. The molecule has 0 aromatic carbocycles. The van der Waals surface area contributed by atoms with Crippen molar-refractivity contribution in [1.82, 2.24) is 0 Å². The molecule has 0 spiro atoms. The van der Waals surface area contributed by atoms with Crippen LogP contribution in [0.3, 0.4) is 0 Å². The van der Waals surface area contributed by atoms with E-state index in [4.69, 9.17) is 6.42 Å². The zero-order valence-corrected chi connectivity index (χ0v) is 6.77. The molecule has 1 atom stereocenters. The highest BCUT2D eigenvalue weighted by atomic mass is 14.3. The molecule has 1 aliphatic carbocycles. The molecule has 0 radical (unpaired) electrons. The first-order valence-electron chi connectivity index (χ1n) is 4.34. The van der Waals surface area contributed by atoms with Crippen molar-refractivity contribution in [2.24, 2.45) is 11.8 Å². The van der Waals surface area contributed by atoms with E-state index in [-0.39, 0.29) is 0 Å². The van der Waals surface area contributed by atoms with Gasteiger partial charge in [0.2, 0.25) is 0 Å². The summed E-state index contributed by atoms with van der Waals surface area (Å²) in [4.78, 5) is 0. The molecule has 0 amide bonds. The molecule has 1 saturated carbocycles. The first-order valence-corrected chi connectivity index (χ1v) is 4.34. The summed E-state index contributed by atoms with van der Waals surface area (Å²) in [6.07, 6.45) is 12.1. The van der Waals surface area contributed by atoms with Gasteiger partial charge in [-0.2, -0.15) is 0 Å². The minimum Gasteiger partial charge on any atom is -0.120 e. The zero-order valence-electron chi connectivity index (χ0n) is 6.77. The maximum absolute atomic E-state index is 5.41. The maximum Gasteiger partial charge on any atom is 0.0225 e. The Labute approximate surface area is 64.0 Å². The standard InChI is InChI=1S/C10H16/c1-3-9(4-2)10-7-5-6-8-10/h1,9-10H,4-8H2,2H3. The average Bonchev–Trinajstić information content (AvgIpc) is 2.43. The summed E-state index contributed by atoms with van der Waals surface area (Å²) >= 11 is 0. The predicted octanol–water partition coefficient (Wildman–Crippen LogP) is 2.84. The molecular formula is C10H16. The molecule has 0 aromatic heterocycles. The van der Waals surface area contributed by atoms with Crippen LogP contribution in [0, 0.1) is 24.2 Å². The summed E-state index contributed by atoms with van der Waals surface area (Å²) in [6.45, 7) is 2.20. The summed E-state index contributed by atoms with van der Waals surface area (Å²) < 4.78 is 0. The number of hydrogen-bond acceptors (Lipinski definition) is 0. The van der Waals surface area contributed by atoms with Crippen LogP contribution in [0.2, 0.25) is 0 Å². The second-order valence-electron chi connectivity index (χ2n) is 3.23. The van der Waals surface area contributed by atoms with Gasteiger partial charge in [0.25, 0.3) is 0 Å². The monoisotopic (exact) mass is 136 g/mol. The lowest BCUT2D eigenvalue weighted by Gasteiger charge is -2.14. The van der Waals surface area contributed by atoms with Crippen molar-refractivity contribution in [3.05, 3.63) is 0 Å². The highest BCUT2D eigenvalue weighted by molar-refractivity contribution is 4.96. The van der Waals surface area contributed by atoms with Crippen LogP contribution < -0.4 is 0 Å². The molecule has 0 aliphatic heterocycles. The van der Waals surface area contributed by atoms with E-state index in [2.05, 4.69) is 12.8 Å². The Hall–Kier alpha value is -0.440. The van der Waals surface area contributed by atoms with Crippen molar-refractivity contribution < 1.29 is 0 Å². The zero-order chi connectivity index (χ0) is 7.40. The summed E-state index contributed by atoms with van der Waals surface area (Å²) in [5.41, 5.74) is 0. The molecule has 0 aromatic rings. The molecule has 0 N–H and O–H groups in total. The summed E-state index contributed by atoms with van der Waals surface area (Å²) in [7, 11) is 0. The van der Waals surface area contributed by atoms with Gasteiger partial charge in [-0.15, -0.1) is 12.3 Å². The first kappa shape index (κ1) is 7.66. The van der Waals surface area contributed by atoms with Crippen molar-refractivity contribution in [1.29, 1.82) is 0 Å². The van der Waals surface area contributed by atoms with Gasteiger partial charge in [-0.25, -0.2) is 0 Å². The SMILES string of the molecule is C#CC(CC)C1CCCC1. The van der Waals surface area contributed by atoms with E-state index in [1.807, 2.05) is 0 Å². The Kier molecular flexibility index (Phi) is 2.81. The van der Waals surface area contributed by atoms with Crippen molar-refractivity contribution >= 4 is 0 Å². The first-order chi connectivity index (χ1) is 4.88. The van der Waals surface area contributed by atoms with E-state index >= 15 is 0 Å². The van der Waals surface area contributed by atoms with Crippen LogP contribution in [0.5, 0.6) is 0 Å². The largest absolute Gasteiger partial charge is 0.120 e. The van der Waals surface area contributed by atoms with Gasteiger partial charge in [-0.05, 0) is 25.2 Å². The Balaban J connectivity index is 2.38. The van der Waals surface area contributed by atoms with Gasteiger partial charge >= 0.3 is 0 Å². The second kappa shape index (κ2) is 3.66. The lowest BCUT2D eigenvalue weighted by molar-refractivity contribution is 0.408. The molecule has 0 nitrogen and oxygen atoms in total. The van der Waals surface area contributed by atoms with E-state index < -0.39 is 0 Å². The maximum atomic E-state index is 5.41. The molecule has 56 valence electrons. The topological polar surface area (TPSA) is 0 Å². The number of hydrogen-bond donors (Lipinski definition) is 0. The summed E-state index contributed by atoms with van der Waals surface area (Å²) in [5, 5.41) is 0. The Morgan fingerprint density at radius 1 is 1.50 bits per heavy atom. The smallest absolute Gasteiger partial charge is 0.0225 e. The van der Waals surface area contributed by atoms with Gasteiger partial charge in [0.1, 0.15) is 0 Å². The van der Waals surface area contributed by atoms with Gasteiger partial charge in [0, 0.05) is 5.92 Å². The van der Waals surface area contributed by atoms with Gasteiger partial charge < -0.3 is 0 Å². The van der Waals surface area contributed by atoms with Crippen LogP contribution in [-0.4, -0.2) is 0 Å². The third kappa shape index (κ3) is 1.53. The second-order valence-corrected chi connectivity index (χ2v) is 3.23. The molecule has 10 heavy (non-hydrogen) atoms. The van der Waals surface area contributed by atoms with Gasteiger partial charge in [-0.3, -0.25) is 0 Å². The van der Waals surface area contributed by atoms with Crippen molar-refractivity contribution in [2.45, 2.75) is 39.0 Å². The minimum absolute atomic E-state index is 0.572. The fourth-order valence-electron chi connectivity index (χ4n) is 1.95. The molecule has 0 saturated heterocycles. The van der Waals surface area contributed by atoms with E-state index in [1.165, 1.54) is 32.1 Å². The Bertz CT molecular complexity index is 123. The quantitative estimate of drug-likeness (QED) is 0.512. The van der Waals surface area contributed by atoms with Crippen LogP contribution in [0.1, 0.15) is 39.0 Å². The van der Waals surface area contributed by atoms with Gasteiger partial charge in [0.05, 0.1) is 0 Å². The third-order valence-electron chi connectivity index (χ3n) is 2.62. The van der Waals surface area contributed by atoms with Crippen LogP contribution >= 0.6 is 0 Å². The summed E-state index contributed by atoms with van der Waals surface area (Å²) in [5.74, 6) is 4.32. The fourth-order valence-corrected chi connectivity index (χ4v) is 1.95. The number of rotatable bonds is 2. The third-order valence-corrected chi connectivity index (χ3v) is 2.62. The number of terminal acetylenes is 1. The van der Waals surface area contributed by atoms with Gasteiger partial charge in [0.15, 0.2) is 0 Å². The molecule has 1 rings (SSSR count). The molecule has 1 aliphatic rings. The molecule has 1 unspecified atom stereocenters. The van der Waals surface area contributed by atoms with E-state index in [0.29, 0.717) is 5.92 Å². The fraction of sp³-hybridized carbons (Fsp3) is 0.800. The van der Waals surface area contributed by atoms with E-state index in [1.54, 1.807) is 0 Å². The molecule has 1 fully saturated rings. The van der Waals surface area contributed by atoms with Crippen LogP contribution in [0.15, 0.2) is 0 Å². The normalized spacial score (nSPS) is 22.4. The van der Waals surface area contributed by atoms with Crippen molar-refractivity contribution in [3.8, 4) is 12.3 Å². The lowest BCUT2D eigenvalue weighted by Crippen LogP contribution is -2.07. The van der Waals surface area contributed by atoms with Crippen LogP contribution in [0.4, 0.5) is 0 Å².